The van der Waals surface area contributed by atoms with Crippen LogP contribution in [-0.4, -0.2) is 20.4 Å². The molecule has 0 bridgehead atoms. The third kappa shape index (κ3) is 3.66. The van der Waals surface area contributed by atoms with E-state index < -0.39 is 0 Å². The number of carbonyl (C=O) groups excluding carboxylic acids is 1. The van der Waals surface area contributed by atoms with Crippen LogP contribution in [0.5, 0.6) is 0 Å². The summed E-state index contributed by atoms with van der Waals surface area (Å²) in [4.78, 5) is 20.2. The van der Waals surface area contributed by atoms with E-state index in [-0.39, 0.29) is 11.8 Å². The number of nitrogens with zero attached hydrogens (tertiary/aromatic N) is 3. The van der Waals surface area contributed by atoms with Crippen LogP contribution in [0.1, 0.15) is 32.3 Å². The molecule has 106 valence electrons. The summed E-state index contributed by atoms with van der Waals surface area (Å²) in [5.74, 6) is 0.987. The monoisotopic (exact) mass is 272 g/mol. The van der Waals surface area contributed by atoms with Crippen LogP contribution in [-0.2, 0) is 11.3 Å². The highest BCUT2D eigenvalue weighted by atomic mass is 16.1. The van der Waals surface area contributed by atoms with Gasteiger partial charge in [0.1, 0.15) is 12.1 Å². The number of imidazole rings is 1. The van der Waals surface area contributed by atoms with Gasteiger partial charge in [-0.1, -0.05) is 26.3 Å². The van der Waals surface area contributed by atoms with Crippen LogP contribution < -0.4 is 5.32 Å². The molecule has 2 heterocycles. The summed E-state index contributed by atoms with van der Waals surface area (Å²) >= 11 is 0. The van der Waals surface area contributed by atoms with Crippen LogP contribution in [0.4, 0.5) is 0 Å². The third-order valence-corrected chi connectivity index (χ3v) is 3.21. The van der Waals surface area contributed by atoms with Gasteiger partial charge in [0.25, 0.3) is 0 Å². The molecule has 0 aliphatic rings. The zero-order chi connectivity index (χ0) is 14.4. The number of pyridine rings is 1. The molecule has 2 aromatic rings. The van der Waals surface area contributed by atoms with Crippen molar-refractivity contribution >= 4 is 5.91 Å². The highest BCUT2D eigenvalue weighted by Gasteiger charge is 2.10. The van der Waals surface area contributed by atoms with Crippen molar-refractivity contribution in [2.24, 2.45) is 5.92 Å². The Hall–Kier alpha value is -2.17. The van der Waals surface area contributed by atoms with Crippen LogP contribution in [0.15, 0.2) is 37.1 Å². The molecule has 0 saturated carbocycles. The van der Waals surface area contributed by atoms with Gasteiger partial charge < -0.3 is 5.32 Å². The number of rotatable bonds is 6. The minimum Gasteiger partial charge on any atom is -0.352 e. The second-order valence-electron chi connectivity index (χ2n) is 4.90. The van der Waals surface area contributed by atoms with Crippen molar-refractivity contribution in [3.05, 3.63) is 42.6 Å². The molecule has 2 aromatic heterocycles. The minimum atomic E-state index is 0.0678. The van der Waals surface area contributed by atoms with Crippen LogP contribution >= 0.6 is 0 Å². The van der Waals surface area contributed by atoms with Gasteiger partial charge in [0.15, 0.2) is 0 Å². The number of aromatic nitrogens is 3. The SMILES string of the molecule is CCC[C@H](C)C(=O)NCc1ccc(-n2ccnc2)nc1. The van der Waals surface area contributed by atoms with E-state index in [1.54, 1.807) is 18.7 Å². The van der Waals surface area contributed by atoms with Crippen LogP contribution in [0.25, 0.3) is 5.82 Å². The summed E-state index contributed by atoms with van der Waals surface area (Å²) in [5, 5.41) is 2.94. The largest absolute Gasteiger partial charge is 0.352 e. The maximum absolute atomic E-state index is 11.8. The van der Waals surface area contributed by atoms with Gasteiger partial charge in [-0.2, -0.15) is 0 Å². The highest BCUT2D eigenvalue weighted by Crippen LogP contribution is 2.07. The van der Waals surface area contributed by atoms with Crippen LogP contribution in [0.2, 0.25) is 0 Å². The van der Waals surface area contributed by atoms with Crippen molar-refractivity contribution in [1.29, 1.82) is 0 Å². The molecule has 20 heavy (non-hydrogen) atoms. The minimum absolute atomic E-state index is 0.0678. The van der Waals surface area contributed by atoms with Crippen molar-refractivity contribution < 1.29 is 4.79 Å². The fraction of sp³-hybridized carbons (Fsp3) is 0.400. The van der Waals surface area contributed by atoms with E-state index in [0.717, 1.165) is 24.2 Å². The summed E-state index contributed by atoms with van der Waals surface area (Å²) in [5.41, 5.74) is 0.992. The molecule has 1 N–H and O–H groups in total. The quantitative estimate of drug-likeness (QED) is 0.878. The van der Waals surface area contributed by atoms with Gasteiger partial charge in [0.2, 0.25) is 5.91 Å². The number of nitrogens with one attached hydrogen (secondary N) is 1. The molecule has 2 rings (SSSR count). The number of hydrogen-bond acceptors (Lipinski definition) is 3. The van der Waals surface area contributed by atoms with E-state index >= 15 is 0 Å². The van der Waals surface area contributed by atoms with Crippen molar-refractivity contribution in [2.75, 3.05) is 0 Å². The Balaban J connectivity index is 1.90. The van der Waals surface area contributed by atoms with Crippen molar-refractivity contribution in [1.82, 2.24) is 19.9 Å². The summed E-state index contributed by atoms with van der Waals surface area (Å²) in [7, 11) is 0. The Morgan fingerprint density at radius 2 is 2.30 bits per heavy atom. The maximum atomic E-state index is 11.8. The summed E-state index contributed by atoms with van der Waals surface area (Å²) in [6.07, 6.45) is 8.98. The zero-order valence-electron chi connectivity index (χ0n) is 11.9. The molecule has 0 aliphatic carbocycles. The normalized spacial score (nSPS) is 12.1. The molecule has 0 fully saturated rings. The van der Waals surface area contributed by atoms with E-state index in [9.17, 15) is 4.79 Å². The lowest BCUT2D eigenvalue weighted by Gasteiger charge is -2.11. The molecule has 0 aromatic carbocycles. The molecule has 0 saturated heterocycles. The molecule has 1 atom stereocenters. The second kappa shape index (κ2) is 6.84. The Kier molecular flexibility index (Phi) is 4.87. The first-order chi connectivity index (χ1) is 9.70. The van der Waals surface area contributed by atoms with E-state index in [0.29, 0.717) is 6.54 Å². The van der Waals surface area contributed by atoms with Gasteiger partial charge >= 0.3 is 0 Å². The number of carbonyl (C=O) groups is 1. The number of amides is 1. The predicted octanol–water partition coefficient (Wildman–Crippen LogP) is 2.32. The van der Waals surface area contributed by atoms with Gasteiger partial charge in [-0.3, -0.25) is 9.36 Å². The van der Waals surface area contributed by atoms with Crippen LogP contribution in [0.3, 0.4) is 0 Å². The highest BCUT2D eigenvalue weighted by molar-refractivity contribution is 5.78. The Morgan fingerprint density at radius 1 is 1.45 bits per heavy atom. The molecular weight excluding hydrogens is 252 g/mol. The second-order valence-corrected chi connectivity index (χ2v) is 4.90. The lowest BCUT2D eigenvalue weighted by atomic mass is 10.1. The van der Waals surface area contributed by atoms with E-state index in [1.165, 1.54) is 0 Å². The van der Waals surface area contributed by atoms with Gasteiger partial charge in [-0.05, 0) is 18.1 Å². The molecule has 0 spiro atoms. The summed E-state index contributed by atoms with van der Waals surface area (Å²) in [6.45, 7) is 4.56. The van der Waals surface area contributed by atoms with Crippen LogP contribution in [0, 0.1) is 5.92 Å². The molecule has 5 nitrogen and oxygen atoms in total. The molecule has 0 aliphatic heterocycles. The van der Waals surface area contributed by atoms with Gasteiger partial charge in [0, 0.05) is 31.1 Å². The lowest BCUT2D eigenvalue weighted by molar-refractivity contribution is -0.124. The molecular formula is C15H20N4O. The van der Waals surface area contributed by atoms with Gasteiger partial charge in [-0.15, -0.1) is 0 Å². The van der Waals surface area contributed by atoms with Gasteiger partial charge in [-0.25, -0.2) is 9.97 Å². The van der Waals surface area contributed by atoms with Crippen molar-refractivity contribution in [3.63, 3.8) is 0 Å². The topological polar surface area (TPSA) is 59.8 Å². The van der Waals surface area contributed by atoms with Crippen molar-refractivity contribution in [2.45, 2.75) is 33.2 Å². The van der Waals surface area contributed by atoms with E-state index in [4.69, 9.17) is 0 Å². The first-order valence-corrected chi connectivity index (χ1v) is 6.91. The van der Waals surface area contributed by atoms with Gasteiger partial charge in [0.05, 0.1) is 0 Å². The first kappa shape index (κ1) is 14.2. The first-order valence-electron chi connectivity index (χ1n) is 6.91. The number of hydrogen-bond donors (Lipinski definition) is 1. The van der Waals surface area contributed by atoms with E-state index in [1.807, 2.05) is 29.8 Å². The standard InChI is InChI=1S/C15H20N4O/c1-3-4-12(2)15(20)18-10-13-5-6-14(17-9-13)19-8-7-16-11-19/h5-9,11-12H,3-4,10H2,1-2H3,(H,18,20)/t12-/m0/s1. The smallest absolute Gasteiger partial charge is 0.223 e. The van der Waals surface area contributed by atoms with E-state index in [2.05, 4.69) is 22.2 Å². The molecule has 0 unspecified atom stereocenters. The Bertz CT molecular complexity index is 534. The fourth-order valence-electron chi connectivity index (χ4n) is 2.00. The van der Waals surface area contributed by atoms with Crippen molar-refractivity contribution in [3.8, 4) is 5.82 Å². The lowest BCUT2D eigenvalue weighted by Crippen LogP contribution is -2.28. The molecule has 1 amide bonds. The summed E-state index contributed by atoms with van der Waals surface area (Å²) < 4.78 is 1.84. The zero-order valence-corrected chi connectivity index (χ0v) is 11.9. The predicted molar refractivity (Wildman–Crippen MR) is 77.3 cm³/mol. The average molecular weight is 272 g/mol. The Labute approximate surface area is 119 Å². The fourth-order valence-corrected chi connectivity index (χ4v) is 2.00. The maximum Gasteiger partial charge on any atom is 0.223 e. The third-order valence-electron chi connectivity index (χ3n) is 3.21. The summed E-state index contributed by atoms with van der Waals surface area (Å²) in [6, 6.07) is 3.88. The molecule has 0 radical (unpaired) electrons. The average Bonchev–Trinajstić information content (AvgIpc) is 2.99. The Morgan fingerprint density at radius 3 is 2.90 bits per heavy atom. The molecule has 5 heteroatoms.